The third kappa shape index (κ3) is 4.18. The molecule has 1 aliphatic heterocycles. The largest absolute Gasteiger partial charge is 0.459 e. The third-order valence-electron chi connectivity index (χ3n) is 1.89. The van der Waals surface area contributed by atoms with Crippen LogP contribution in [0.5, 0.6) is 0 Å². The van der Waals surface area contributed by atoms with Gasteiger partial charge in [-0.2, -0.15) is 0 Å². The molecule has 0 aromatic rings. The van der Waals surface area contributed by atoms with Gasteiger partial charge in [0.1, 0.15) is 19.0 Å². The van der Waals surface area contributed by atoms with Crippen LogP contribution in [0.1, 0.15) is 19.3 Å². The molecule has 1 saturated heterocycles. The summed E-state index contributed by atoms with van der Waals surface area (Å²) in [5, 5.41) is 0. The molecule has 1 aliphatic rings. The fourth-order valence-corrected chi connectivity index (χ4v) is 0.936. The molecule has 0 amide bonds. The predicted octanol–water partition coefficient (Wildman–Crippen LogP) is 0.854. The van der Waals surface area contributed by atoms with E-state index in [-0.39, 0.29) is 12.1 Å². The molecule has 0 radical (unpaired) electrons. The number of unbranched alkanes of at least 4 members (excludes halogenated alkanes) is 1. The highest BCUT2D eigenvalue weighted by Crippen LogP contribution is 2.11. The van der Waals surface area contributed by atoms with E-state index in [1.165, 1.54) is 0 Å². The fraction of sp³-hybridized carbons (Fsp3) is 0.600. The quantitative estimate of drug-likeness (QED) is 0.200. The van der Waals surface area contributed by atoms with Crippen LogP contribution in [0.25, 0.3) is 0 Å². The topological polar surface area (TPSA) is 55.9 Å². The summed E-state index contributed by atoms with van der Waals surface area (Å²) in [6.45, 7) is 4.58. The van der Waals surface area contributed by atoms with Gasteiger partial charge in [-0.15, -0.1) is 0 Å². The first-order valence-corrected chi connectivity index (χ1v) is 4.64. The fourth-order valence-electron chi connectivity index (χ4n) is 0.936. The number of aldehydes is 1. The van der Waals surface area contributed by atoms with Crippen LogP contribution in [0.4, 0.5) is 0 Å². The summed E-state index contributed by atoms with van der Waals surface area (Å²) in [7, 11) is 0. The zero-order valence-corrected chi connectivity index (χ0v) is 8.03. The molecule has 78 valence electrons. The Balaban J connectivity index is 2.08. The lowest BCUT2D eigenvalue weighted by atomic mass is 10.1. The van der Waals surface area contributed by atoms with E-state index < -0.39 is 0 Å². The lowest BCUT2D eigenvalue weighted by Gasteiger charge is -2.04. The van der Waals surface area contributed by atoms with Crippen LogP contribution >= 0.6 is 0 Å². The maximum Gasteiger partial charge on any atom is 0.333 e. The normalized spacial score (nSPS) is 18.7. The molecular weight excluding hydrogens is 184 g/mol. The third-order valence-corrected chi connectivity index (χ3v) is 1.89. The second kappa shape index (κ2) is 5.54. The maximum atomic E-state index is 11.2. The Kier molecular flexibility index (Phi) is 4.32. The first-order valence-electron chi connectivity index (χ1n) is 4.64. The van der Waals surface area contributed by atoms with E-state index in [0.717, 1.165) is 6.29 Å². The van der Waals surface area contributed by atoms with Crippen LogP contribution < -0.4 is 0 Å². The number of esters is 1. The van der Waals surface area contributed by atoms with Gasteiger partial charge in [-0.3, -0.25) is 0 Å². The van der Waals surface area contributed by atoms with Crippen LogP contribution in [0, 0.1) is 0 Å². The highest BCUT2D eigenvalue weighted by atomic mass is 16.6. The zero-order chi connectivity index (χ0) is 10.4. The van der Waals surface area contributed by atoms with Crippen molar-refractivity contribution in [2.24, 2.45) is 0 Å². The van der Waals surface area contributed by atoms with Crippen molar-refractivity contribution in [3.05, 3.63) is 12.2 Å². The van der Waals surface area contributed by atoms with Crippen LogP contribution in [0.15, 0.2) is 12.2 Å². The Bertz CT molecular complexity index is 230. The summed E-state index contributed by atoms with van der Waals surface area (Å²) in [4.78, 5) is 21.2. The molecule has 4 nitrogen and oxygen atoms in total. The van der Waals surface area contributed by atoms with Gasteiger partial charge in [0.25, 0.3) is 0 Å². The van der Waals surface area contributed by atoms with E-state index in [0.29, 0.717) is 38.0 Å². The first-order chi connectivity index (χ1) is 6.74. The van der Waals surface area contributed by atoms with Crippen molar-refractivity contribution in [1.82, 2.24) is 0 Å². The summed E-state index contributed by atoms with van der Waals surface area (Å²) < 4.78 is 9.79. The van der Waals surface area contributed by atoms with Gasteiger partial charge in [-0.05, 0) is 12.8 Å². The van der Waals surface area contributed by atoms with Crippen molar-refractivity contribution in [1.29, 1.82) is 0 Å². The number of hydrogen-bond donors (Lipinski definition) is 0. The van der Waals surface area contributed by atoms with E-state index in [4.69, 9.17) is 9.47 Å². The molecule has 4 heteroatoms. The van der Waals surface area contributed by atoms with Crippen LogP contribution in [0.2, 0.25) is 0 Å². The molecule has 1 atom stereocenters. The summed E-state index contributed by atoms with van der Waals surface area (Å²) in [5.41, 5.74) is 0.424. The van der Waals surface area contributed by atoms with Crippen LogP contribution in [-0.4, -0.2) is 31.6 Å². The lowest BCUT2D eigenvalue weighted by molar-refractivity contribution is -0.139. The van der Waals surface area contributed by atoms with Crippen molar-refractivity contribution in [2.45, 2.75) is 25.4 Å². The molecule has 0 aliphatic carbocycles. The molecule has 1 unspecified atom stereocenters. The Hall–Kier alpha value is -1.16. The Morgan fingerprint density at radius 2 is 2.36 bits per heavy atom. The highest BCUT2D eigenvalue weighted by Gasteiger charge is 2.24. The Morgan fingerprint density at radius 1 is 1.64 bits per heavy atom. The molecular formula is C10H14O4. The van der Waals surface area contributed by atoms with Gasteiger partial charge in [-0.1, -0.05) is 6.58 Å². The molecule has 0 aromatic carbocycles. The molecule has 0 spiro atoms. The van der Waals surface area contributed by atoms with Crippen molar-refractivity contribution < 1.29 is 19.1 Å². The van der Waals surface area contributed by atoms with Gasteiger partial charge in [0.2, 0.25) is 0 Å². The molecule has 0 bridgehead atoms. The number of carbonyl (C=O) groups excluding carboxylic acids is 2. The standard InChI is InChI=1S/C10H14O4/c1-8(4-2-3-5-11)10(12)14-7-9-6-13-9/h5,9H,1-4,6-7H2. The van der Waals surface area contributed by atoms with Crippen molar-refractivity contribution >= 4 is 12.3 Å². The molecule has 0 N–H and O–H groups in total. The Morgan fingerprint density at radius 3 is 2.93 bits per heavy atom. The van der Waals surface area contributed by atoms with Gasteiger partial charge < -0.3 is 14.3 Å². The van der Waals surface area contributed by atoms with Crippen molar-refractivity contribution in [3.8, 4) is 0 Å². The number of hydrogen-bond acceptors (Lipinski definition) is 4. The van der Waals surface area contributed by atoms with E-state index in [2.05, 4.69) is 6.58 Å². The van der Waals surface area contributed by atoms with Gasteiger partial charge in [0.05, 0.1) is 6.61 Å². The molecule has 0 aromatic heterocycles. The number of rotatable bonds is 7. The zero-order valence-electron chi connectivity index (χ0n) is 8.03. The average Bonchev–Trinajstić information content (AvgIpc) is 2.98. The lowest BCUT2D eigenvalue weighted by Crippen LogP contribution is -2.11. The van der Waals surface area contributed by atoms with Gasteiger partial charge in [-0.25, -0.2) is 4.79 Å². The number of carbonyl (C=O) groups is 2. The Labute approximate surface area is 82.9 Å². The first kappa shape index (κ1) is 10.9. The number of epoxide rings is 1. The second-order valence-corrected chi connectivity index (χ2v) is 3.22. The van der Waals surface area contributed by atoms with E-state index in [1.54, 1.807) is 0 Å². The number of ether oxygens (including phenoxy) is 2. The van der Waals surface area contributed by atoms with Crippen LogP contribution in [0.3, 0.4) is 0 Å². The maximum absolute atomic E-state index is 11.2. The average molecular weight is 198 g/mol. The van der Waals surface area contributed by atoms with Crippen molar-refractivity contribution in [3.63, 3.8) is 0 Å². The molecule has 1 heterocycles. The summed E-state index contributed by atoms with van der Waals surface area (Å²) in [5.74, 6) is -0.383. The minimum atomic E-state index is -0.383. The summed E-state index contributed by atoms with van der Waals surface area (Å²) in [6.07, 6.45) is 2.54. The van der Waals surface area contributed by atoms with Gasteiger partial charge >= 0.3 is 5.97 Å². The second-order valence-electron chi connectivity index (χ2n) is 3.22. The molecule has 0 saturated carbocycles. The molecule has 1 fully saturated rings. The molecule has 14 heavy (non-hydrogen) atoms. The smallest absolute Gasteiger partial charge is 0.333 e. The van der Waals surface area contributed by atoms with E-state index in [1.807, 2.05) is 0 Å². The summed E-state index contributed by atoms with van der Waals surface area (Å²) in [6, 6.07) is 0. The van der Waals surface area contributed by atoms with E-state index in [9.17, 15) is 9.59 Å². The predicted molar refractivity (Wildman–Crippen MR) is 49.8 cm³/mol. The summed E-state index contributed by atoms with van der Waals surface area (Å²) >= 11 is 0. The minimum Gasteiger partial charge on any atom is -0.459 e. The van der Waals surface area contributed by atoms with Crippen LogP contribution in [-0.2, 0) is 19.1 Å². The minimum absolute atomic E-state index is 0.0849. The van der Waals surface area contributed by atoms with E-state index >= 15 is 0 Å². The molecule has 1 rings (SSSR count). The van der Waals surface area contributed by atoms with Gasteiger partial charge in [0.15, 0.2) is 0 Å². The van der Waals surface area contributed by atoms with Crippen molar-refractivity contribution in [2.75, 3.05) is 13.2 Å². The SMILES string of the molecule is C=C(CCCC=O)C(=O)OCC1CO1. The van der Waals surface area contributed by atoms with Gasteiger partial charge in [0, 0.05) is 12.0 Å². The highest BCUT2D eigenvalue weighted by molar-refractivity contribution is 5.87. The monoisotopic (exact) mass is 198 g/mol.